The van der Waals surface area contributed by atoms with E-state index in [-0.39, 0.29) is 29.9 Å². The van der Waals surface area contributed by atoms with E-state index in [0.717, 1.165) is 5.56 Å². The molecule has 2 aromatic rings. The molecule has 3 rings (SSSR count). The molecule has 0 radical (unpaired) electrons. The van der Waals surface area contributed by atoms with Gasteiger partial charge < -0.3 is 14.5 Å². The lowest BCUT2D eigenvalue weighted by Crippen LogP contribution is -2.35. The minimum absolute atomic E-state index is 0.0225. The summed E-state index contributed by atoms with van der Waals surface area (Å²) in [5.41, 5.74) is 0.908. The van der Waals surface area contributed by atoms with Gasteiger partial charge in [-0.25, -0.2) is 8.42 Å². The molecule has 1 aliphatic rings. The van der Waals surface area contributed by atoms with Gasteiger partial charge in [-0.1, -0.05) is 11.6 Å². The Kier molecular flexibility index (Phi) is 5.06. The second-order valence-electron chi connectivity index (χ2n) is 6.04. The predicted molar refractivity (Wildman–Crippen MR) is 93.8 cm³/mol. The maximum Gasteiger partial charge on any atom is 0.287 e. The molecule has 134 valence electrons. The van der Waals surface area contributed by atoms with E-state index in [1.165, 1.54) is 0 Å². The molecule has 25 heavy (non-hydrogen) atoms. The zero-order chi connectivity index (χ0) is 18.0. The van der Waals surface area contributed by atoms with Crippen molar-refractivity contribution in [1.82, 2.24) is 5.32 Å². The van der Waals surface area contributed by atoms with Crippen molar-refractivity contribution in [2.24, 2.45) is 0 Å². The number of amides is 1. The second-order valence-corrected chi connectivity index (χ2v) is 8.67. The highest BCUT2D eigenvalue weighted by molar-refractivity contribution is 7.91. The SMILES string of the molecule is Cc1cc(OCc2ccc(C(=O)N[C@@H]3CCS(=O)(=O)C3)o2)ccc1Cl. The average molecular weight is 384 g/mol. The lowest BCUT2D eigenvalue weighted by molar-refractivity contribution is 0.0909. The molecular formula is C17H18ClNO5S. The third-order valence-electron chi connectivity index (χ3n) is 3.96. The summed E-state index contributed by atoms with van der Waals surface area (Å²) in [6, 6.07) is 8.17. The molecule has 1 fully saturated rings. The number of carbonyl (C=O) groups is 1. The molecule has 1 N–H and O–H groups in total. The Morgan fingerprint density at radius 1 is 1.36 bits per heavy atom. The van der Waals surface area contributed by atoms with Crippen LogP contribution in [0.2, 0.25) is 5.02 Å². The van der Waals surface area contributed by atoms with Crippen LogP contribution in [0.5, 0.6) is 5.75 Å². The van der Waals surface area contributed by atoms with E-state index in [1.807, 2.05) is 13.0 Å². The van der Waals surface area contributed by atoms with Gasteiger partial charge in [-0.3, -0.25) is 4.79 Å². The second kappa shape index (κ2) is 7.09. The number of benzene rings is 1. The van der Waals surface area contributed by atoms with Gasteiger partial charge in [0.05, 0.1) is 11.5 Å². The fourth-order valence-electron chi connectivity index (χ4n) is 2.60. The van der Waals surface area contributed by atoms with Crippen molar-refractivity contribution in [2.45, 2.75) is 26.0 Å². The van der Waals surface area contributed by atoms with Gasteiger partial charge in [-0.2, -0.15) is 0 Å². The molecule has 1 amide bonds. The molecule has 1 atom stereocenters. The summed E-state index contributed by atoms with van der Waals surface area (Å²) in [5.74, 6) is 0.948. The smallest absolute Gasteiger partial charge is 0.287 e. The van der Waals surface area contributed by atoms with Crippen molar-refractivity contribution < 1.29 is 22.4 Å². The van der Waals surface area contributed by atoms with E-state index in [9.17, 15) is 13.2 Å². The number of carbonyl (C=O) groups excluding carboxylic acids is 1. The Bertz CT molecular complexity index is 890. The Hall–Kier alpha value is -1.99. The zero-order valence-corrected chi connectivity index (χ0v) is 15.2. The van der Waals surface area contributed by atoms with Gasteiger partial charge in [-0.15, -0.1) is 0 Å². The standard InChI is InChI=1S/C17H18ClNO5S/c1-11-8-13(2-4-15(11)18)23-9-14-3-5-16(24-14)17(20)19-12-6-7-25(21,22)10-12/h2-5,8,12H,6-7,9-10H2,1H3,(H,19,20)/t12-/m1/s1. The Labute approximate surface area is 151 Å². The zero-order valence-electron chi connectivity index (χ0n) is 13.6. The summed E-state index contributed by atoms with van der Waals surface area (Å²) in [5, 5.41) is 3.35. The molecule has 1 aromatic heterocycles. The van der Waals surface area contributed by atoms with Gasteiger partial charge in [0.25, 0.3) is 5.91 Å². The van der Waals surface area contributed by atoms with Crippen LogP contribution < -0.4 is 10.1 Å². The third kappa shape index (κ3) is 4.55. The van der Waals surface area contributed by atoms with Gasteiger partial charge >= 0.3 is 0 Å². The molecule has 8 heteroatoms. The van der Waals surface area contributed by atoms with Crippen LogP contribution in [0, 0.1) is 6.92 Å². The number of hydrogen-bond donors (Lipinski definition) is 1. The molecule has 0 unspecified atom stereocenters. The molecule has 1 aromatic carbocycles. The monoisotopic (exact) mass is 383 g/mol. The third-order valence-corrected chi connectivity index (χ3v) is 6.16. The maximum absolute atomic E-state index is 12.1. The van der Waals surface area contributed by atoms with Crippen molar-refractivity contribution in [1.29, 1.82) is 0 Å². The maximum atomic E-state index is 12.1. The van der Waals surface area contributed by atoms with Crippen LogP contribution in [0.25, 0.3) is 0 Å². The molecule has 6 nitrogen and oxygen atoms in total. The molecule has 1 aliphatic heterocycles. The fourth-order valence-corrected chi connectivity index (χ4v) is 4.40. The van der Waals surface area contributed by atoms with Gasteiger partial charge in [0.1, 0.15) is 18.1 Å². The number of halogens is 1. The highest BCUT2D eigenvalue weighted by atomic mass is 35.5. The lowest BCUT2D eigenvalue weighted by atomic mass is 10.2. The summed E-state index contributed by atoms with van der Waals surface area (Å²) in [6.07, 6.45) is 0.431. The largest absolute Gasteiger partial charge is 0.486 e. The summed E-state index contributed by atoms with van der Waals surface area (Å²) in [6.45, 7) is 2.06. The van der Waals surface area contributed by atoms with Crippen LogP contribution in [0.1, 0.15) is 28.3 Å². The lowest BCUT2D eigenvalue weighted by Gasteiger charge is -2.09. The summed E-state index contributed by atoms with van der Waals surface area (Å²) < 4.78 is 33.9. The van der Waals surface area contributed by atoms with E-state index >= 15 is 0 Å². The van der Waals surface area contributed by atoms with Crippen LogP contribution in [-0.2, 0) is 16.4 Å². The first-order valence-corrected chi connectivity index (χ1v) is 10.0. The van der Waals surface area contributed by atoms with Gasteiger partial charge in [0.15, 0.2) is 15.6 Å². The molecular weight excluding hydrogens is 366 g/mol. The van der Waals surface area contributed by atoms with Crippen LogP contribution in [0.3, 0.4) is 0 Å². The number of rotatable bonds is 5. The summed E-state index contributed by atoms with van der Waals surface area (Å²) in [7, 11) is -3.04. The number of hydrogen-bond acceptors (Lipinski definition) is 5. The van der Waals surface area contributed by atoms with Gasteiger partial charge in [0.2, 0.25) is 0 Å². The van der Waals surface area contributed by atoms with Crippen LogP contribution in [0.15, 0.2) is 34.7 Å². The molecule has 0 bridgehead atoms. The van der Waals surface area contributed by atoms with Crippen molar-refractivity contribution >= 4 is 27.3 Å². The minimum Gasteiger partial charge on any atom is -0.486 e. The molecule has 1 saturated heterocycles. The van der Waals surface area contributed by atoms with E-state index in [0.29, 0.717) is 23.0 Å². The van der Waals surface area contributed by atoms with Crippen LogP contribution in [0.4, 0.5) is 0 Å². The molecule has 0 aliphatic carbocycles. The average Bonchev–Trinajstić information content (AvgIpc) is 3.15. The fraction of sp³-hybridized carbons (Fsp3) is 0.353. The van der Waals surface area contributed by atoms with Crippen molar-refractivity contribution in [3.05, 3.63) is 52.4 Å². The van der Waals surface area contributed by atoms with E-state index in [2.05, 4.69) is 5.32 Å². The number of ether oxygens (including phenoxy) is 1. The number of sulfone groups is 1. The normalized spacial score (nSPS) is 18.9. The minimum atomic E-state index is -3.04. The van der Waals surface area contributed by atoms with E-state index < -0.39 is 15.7 Å². The summed E-state index contributed by atoms with van der Waals surface area (Å²) in [4.78, 5) is 12.1. The highest BCUT2D eigenvalue weighted by Crippen LogP contribution is 2.22. The Balaban J connectivity index is 1.56. The summed E-state index contributed by atoms with van der Waals surface area (Å²) >= 11 is 5.97. The topological polar surface area (TPSA) is 85.6 Å². The predicted octanol–water partition coefficient (Wildman–Crippen LogP) is 2.74. The first kappa shape index (κ1) is 17.8. The quantitative estimate of drug-likeness (QED) is 0.857. The van der Waals surface area contributed by atoms with Crippen molar-refractivity contribution in [3.8, 4) is 5.75 Å². The first-order chi connectivity index (χ1) is 11.8. The number of nitrogens with one attached hydrogen (secondary N) is 1. The Morgan fingerprint density at radius 3 is 2.84 bits per heavy atom. The Morgan fingerprint density at radius 2 is 2.16 bits per heavy atom. The van der Waals surface area contributed by atoms with E-state index in [1.54, 1.807) is 24.3 Å². The van der Waals surface area contributed by atoms with Crippen LogP contribution >= 0.6 is 11.6 Å². The van der Waals surface area contributed by atoms with Crippen LogP contribution in [-0.4, -0.2) is 31.9 Å². The van der Waals surface area contributed by atoms with Crippen molar-refractivity contribution in [3.63, 3.8) is 0 Å². The number of aryl methyl sites for hydroxylation is 1. The highest BCUT2D eigenvalue weighted by Gasteiger charge is 2.29. The van der Waals surface area contributed by atoms with Gasteiger partial charge in [0, 0.05) is 11.1 Å². The molecule has 0 saturated carbocycles. The number of furan rings is 1. The molecule has 0 spiro atoms. The van der Waals surface area contributed by atoms with Gasteiger partial charge in [-0.05, 0) is 49.2 Å². The molecule has 2 heterocycles. The first-order valence-electron chi connectivity index (χ1n) is 7.81. The van der Waals surface area contributed by atoms with Crippen molar-refractivity contribution in [2.75, 3.05) is 11.5 Å². The van der Waals surface area contributed by atoms with E-state index in [4.69, 9.17) is 20.8 Å².